The van der Waals surface area contributed by atoms with Gasteiger partial charge in [-0.25, -0.2) is 0 Å². The van der Waals surface area contributed by atoms with E-state index in [4.69, 9.17) is 16.1 Å². The van der Waals surface area contributed by atoms with E-state index in [0.29, 0.717) is 29.6 Å². The van der Waals surface area contributed by atoms with Crippen LogP contribution in [0.3, 0.4) is 0 Å². The summed E-state index contributed by atoms with van der Waals surface area (Å²) >= 11 is 0. The largest absolute Gasteiger partial charge is 0.489 e. The standard InChI is InChI=1S/C30H44O3/c1-7-19(5)21-8-10-23-20(6)30-13-12-18(4)14-27(30)33-26-16-22(32-29(31)17(2)3)9-11-24(26)28(30)25(23)15-21/h11,16-18,21-23,25,27-29,31H,5-10,12-15H2,1-4H3. The van der Waals surface area contributed by atoms with Gasteiger partial charge in [0.1, 0.15) is 11.9 Å². The van der Waals surface area contributed by atoms with Gasteiger partial charge < -0.3 is 14.6 Å². The molecule has 0 amide bonds. The first kappa shape index (κ1) is 23.4. The molecule has 3 nitrogen and oxygen atoms in total. The molecule has 1 heterocycles. The van der Waals surface area contributed by atoms with Crippen LogP contribution in [0.5, 0.6) is 0 Å². The Morgan fingerprint density at radius 2 is 2.06 bits per heavy atom. The molecule has 182 valence electrons. The zero-order valence-corrected chi connectivity index (χ0v) is 21.2. The van der Waals surface area contributed by atoms with E-state index in [-0.39, 0.29) is 23.5 Å². The van der Waals surface area contributed by atoms with E-state index in [1.807, 2.05) is 13.8 Å². The third-order valence-corrected chi connectivity index (χ3v) is 9.88. The van der Waals surface area contributed by atoms with Gasteiger partial charge in [0.25, 0.3) is 0 Å². The fourth-order valence-corrected chi connectivity index (χ4v) is 7.97. The Bertz CT molecular complexity index is 866. The molecule has 1 saturated heterocycles. The Labute approximate surface area is 201 Å². The van der Waals surface area contributed by atoms with Crippen LogP contribution in [0.25, 0.3) is 0 Å². The molecule has 0 radical (unpaired) electrons. The van der Waals surface area contributed by atoms with Crippen LogP contribution in [-0.4, -0.2) is 23.6 Å². The van der Waals surface area contributed by atoms with Crippen LogP contribution in [-0.2, 0) is 9.47 Å². The lowest BCUT2D eigenvalue weighted by atomic mass is 9.56. The first-order valence-electron chi connectivity index (χ1n) is 13.6. The molecule has 4 aliphatic carbocycles. The highest BCUT2D eigenvalue weighted by molar-refractivity contribution is 5.46. The molecule has 5 aliphatic rings. The first-order valence-corrected chi connectivity index (χ1v) is 13.6. The van der Waals surface area contributed by atoms with Crippen molar-refractivity contribution in [1.29, 1.82) is 0 Å². The number of allylic oxidation sites excluding steroid dienone is 2. The van der Waals surface area contributed by atoms with E-state index in [1.54, 1.807) is 0 Å². The number of rotatable bonds is 5. The van der Waals surface area contributed by atoms with Crippen molar-refractivity contribution in [3.05, 3.63) is 47.8 Å². The molecule has 5 rings (SSSR count). The number of fused-ring (bicyclic) bond motifs is 4. The van der Waals surface area contributed by atoms with Crippen LogP contribution < -0.4 is 0 Å². The molecule has 3 saturated carbocycles. The molecular weight excluding hydrogens is 408 g/mol. The van der Waals surface area contributed by atoms with Crippen molar-refractivity contribution < 1.29 is 14.6 Å². The molecule has 1 spiro atoms. The zero-order valence-electron chi connectivity index (χ0n) is 21.2. The lowest BCUT2D eigenvalue weighted by Crippen LogP contribution is -2.51. The summed E-state index contributed by atoms with van der Waals surface area (Å²) in [7, 11) is 0. The number of ether oxygens (including phenoxy) is 2. The van der Waals surface area contributed by atoms with E-state index in [0.717, 1.165) is 25.0 Å². The van der Waals surface area contributed by atoms with Gasteiger partial charge in [0, 0.05) is 17.3 Å². The Morgan fingerprint density at radius 3 is 2.79 bits per heavy atom. The zero-order chi connectivity index (χ0) is 23.5. The second kappa shape index (κ2) is 8.72. The highest BCUT2D eigenvalue weighted by Gasteiger charge is 2.65. The number of hydrogen-bond donors (Lipinski definition) is 1. The van der Waals surface area contributed by atoms with Crippen molar-refractivity contribution in [2.24, 2.45) is 40.9 Å². The van der Waals surface area contributed by atoms with Crippen LogP contribution in [0, 0.1) is 40.9 Å². The Kier molecular flexibility index (Phi) is 6.19. The topological polar surface area (TPSA) is 38.7 Å². The normalized spacial score (nSPS) is 42.8. The van der Waals surface area contributed by atoms with Gasteiger partial charge in [0.2, 0.25) is 0 Å². The number of aliphatic hydroxyl groups is 1. The maximum atomic E-state index is 10.3. The van der Waals surface area contributed by atoms with Crippen molar-refractivity contribution in [2.45, 2.75) is 97.6 Å². The molecule has 0 bridgehead atoms. The maximum absolute atomic E-state index is 10.3. The summed E-state index contributed by atoms with van der Waals surface area (Å²) < 4.78 is 12.9. The fraction of sp³-hybridized carbons (Fsp3) is 0.733. The first-order chi connectivity index (χ1) is 15.8. The smallest absolute Gasteiger partial charge is 0.157 e. The molecule has 33 heavy (non-hydrogen) atoms. The monoisotopic (exact) mass is 452 g/mol. The third-order valence-electron chi connectivity index (χ3n) is 9.88. The summed E-state index contributed by atoms with van der Waals surface area (Å²) in [6.07, 6.45) is 13.2. The lowest BCUT2D eigenvalue weighted by Gasteiger charge is -2.54. The summed E-state index contributed by atoms with van der Waals surface area (Å²) in [6, 6.07) is 0. The molecule has 4 fully saturated rings. The number of aliphatic hydroxyl groups excluding tert-OH is 1. The van der Waals surface area contributed by atoms with Crippen molar-refractivity contribution in [2.75, 3.05) is 0 Å². The van der Waals surface area contributed by atoms with Crippen molar-refractivity contribution in [3.63, 3.8) is 0 Å². The van der Waals surface area contributed by atoms with E-state index in [1.165, 1.54) is 48.8 Å². The van der Waals surface area contributed by atoms with Gasteiger partial charge in [-0.2, -0.15) is 0 Å². The number of hydrogen-bond acceptors (Lipinski definition) is 3. The molecule has 3 heteroatoms. The second-order valence-corrected chi connectivity index (χ2v) is 12.1. The molecule has 1 aliphatic heterocycles. The van der Waals surface area contributed by atoms with Crippen LogP contribution in [0.15, 0.2) is 47.8 Å². The second-order valence-electron chi connectivity index (χ2n) is 12.1. The average Bonchev–Trinajstić information content (AvgIpc) is 3.05. The van der Waals surface area contributed by atoms with Crippen molar-refractivity contribution in [3.8, 4) is 0 Å². The van der Waals surface area contributed by atoms with E-state index in [9.17, 15) is 5.11 Å². The van der Waals surface area contributed by atoms with Crippen molar-refractivity contribution >= 4 is 0 Å². The predicted molar refractivity (Wildman–Crippen MR) is 133 cm³/mol. The van der Waals surface area contributed by atoms with Crippen LogP contribution in [0.4, 0.5) is 0 Å². The Hall–Kier alpha value is -1.32. The fourth-order valence-electron chi connectivity index (χ4n) is 7.97. The minimum atomic E-state index is -0.742. The SMILES string of the molecule is C=C(CC)C1CCC2C(=C)C34CCC(C)CC3OC3=CC(OC(O)C(C)C)CC=C3C4C2C1. The summed E-state index contributed by atoms with van der Waals surface area (Å²) in [5.74, 6) is 4.23. The van der Waals surface area contributed by atoms with Crippen molar-refractivity contribution in [1.82, 2.24) is 0 Å². The molecule has 0 aromatic carbocycles. The Balaban J connectivity index is 1.51. The minimum Gasteiger partial charge on any atom is -0.489 e. The molecule has 0 aromatic rings. The minimum absolute atomic E-state index is 0.0812. The van der Waals surface area contributed by atoms with Crippen LogP contribution in [0.1, 0.15) is 79.1 Å². The quantitative estimate of drug-likeness (QED) is 0.362. The van der Waals surface area contributed by atoms with Crippen LogP contribution >= 0.6 is 0 Å². The third kappa shape index (κ3) is 3.69. The van der Waals surface area contributed by atoms with Gasteiger partial charge in [0.15, 0.2) is 6.29 Å². The lowest BCUT2D eigenvalue weighted by molar-refractivity contribution is -0.148. The molecular formula is C30H44O3. The van der Waals surface area contributed by atoms with Crippen LogP contribution in [0.2, 0.25) is 0 Å². The summed E-state index contributed by atoms with van der Waals surface area (Å²) in [5.41, 5.74) is 4.45. The average molecular weight is 453 g/mol. The highest BCUT2D eigenvalue weighted by atomic mass is 16.6. The predicted octanol–water partition coefficient (Wildman–Crippen LogP) is 6.95. The van der Waals surface area contributed by atoms with Gasteiger partial charge in [-0.3, -0.25) is 0 Å². The van der Waals surface area contributed by atoms with E-state index < -0.39 is 6.29 Å². The Morgan fingerprint density at radius 1 is 1.27 bits per heavy atom. The van der Waals surface area contributed by atoms with Gasteiger partial charge in [-0.1, -0.05) is 58.1 Å². The van der Waals surface area contributed by atoms with Gasteiger partial charge in [0.05, 0.1) is 6.10 Å². The molecule has 9 atom stereocenters. The van der Waals surface area contributed by atoms with Gasteiger partial charge in [-0.15, -0.1) is 0 Å². The molecule has 0 aromatic heterocycles. The summed E-state index contributed by atoms with van der Waals surface area (Å²) in [5, 5.41) is 10.3. The van der Waals surface area contributed by atoms with E-state index >= 15 is 0 Å². The van der Waals surface area contributed by atoms with E-state index in [2.05, 4.69) is 32.6 Å². The maximum Gasteiger partial charge on any atom is 0.157 e. The summed E-state index contributed by atoms with van der Waals surface area (Å²) in [4.78, 5) is 0. The highest BCUT2D eigenvalue weighted by Crippen LogP contribution is 2.70. The summed E-state index contributed by atoms with van der Waals surface area (Å²) in [6.45, 7) is 17.9. The van der Waals surface area contributed by atoms with Gasteiger partial charge >= 0.3 is 0 Å². The van der Waals surface area contributed by atoms with Gasteiger partial charge in [-0.05, 0) is 86.7 Å². The molecule has 1 N–H and O–H groups in total. The molecule has 9 unspecified atom stereocenters.